The highest BCUT2D eigenvalue weighted by Crippen LogP contribution is 2.16. The molecular formula is C11H21NO. The van der Waals surface area contributed by atoms with Crippen LogP contribution in [0.3, 0.4) is 0 Å². The van der Waals surface area contributed by atoms with Crippen LogP contribution in [0.25, 0.3) is 0 Å². The molecule has 1 rings (SSSR count). The van der Waals surface area contributed by atoms with E-state index in [2.05, 4.69) is 25.7 Å². The lowest BCUT2D eigenvalue weighted by molar-refractivity contribution is 0.0958. The third kappa shape index (κ3) is 3.92. The lowest BCUT2D eigenvalue weighted by Gasteiger charge is -2.20. The van der Waals surface area contributed by atoms with Gasteiger partial charge < -0.3 is 10.1 Å². The van der Waals surface area contributed by atoms with E-state index in [0.29, 0.717) is 18.2 Å². The number of hydrogen-bond donors (Lipinski definition) is 1. The molecule has 0 aliphatic carbocycles. The van der Waals surface area contributed by atoms with E-state index in [1.54, 1.807) is 0 Å². The first kappa shape index (κ1) is 10.7. The van der Waals surface area contributed by atoms with Gasteiger partial charge in [0.15, 0.2) is 0 Å². The summed E-state index contributed by atoms with van der Waals surface area (Å²) >= 11 is 0. The largest absolute Gasteiger partial charge is 0.378 e. The van der Waals surface area contributed by atoms with Crippen LogP contribution in [0.2, 0.25) is 0 Å². The third-order valence-corrected chi connectivity index (χ3v) is 2.54. The van der Waals surface area contributed by atoms with Crippen molar-refractivity contribution in [2.75, 3.05) is 6.61 Å². The normalized spacial score (nSPS) is 27.1. The summed E-state index contributed by atoms with van der Waals surface area (Å²) in [6.07, 6.45) is 6.01. The Balaban J connectivity index is 2.15. The molecule has 1 heterocycles. The molecule has 0 radical (unpaired) electrons. The Bertz CT molecular complexity index is 152. The molecule has 1 fully saturated rings. The van der Waals surface area contributed by atoms with Crippen molar-refractivity contribution in [3.63, 3.8) is 0 Å². The molecule has 0 saturated carbocycles. The maximum absolute atomic E-state index is 5.57. The molecule has 1 saturated heterocycles. The minimum atomic E-state index is 0.399. The fourth-order valence-corrected chi connectivity index (χ4v) is 1.81. The first-order valence-corrected chi connectivity index (χ1v) is 5.22. The summed E-state index contributed by atoms with van der Waals surface area (Å²) in [4.78, 5) is 0. The van der Waals surface area contributed by atoms with Gasteiger partial charge in [0.25, 0.3) is 0 Å². The summed E-state index contributed by atoms with van der Waals surface area (Å²) in [7, 11) is 0. The van der Waals surface area contributed by atoms with Gasteiger partial charge >= 0.3 is 0 Å². The molecule has 1 aliphatic rings. The SMILES string of the molecule is C=CC(C)NC(C)CC1CCCO1. The maximum atomic E-state index is 5.57. The minimum Gasteiger partial charge on any atom is -0.378 e. The van der Waals surface area contributed by atoms with Gasteiger partial charge in [0.1, 0.15) is 0 Å². The fourth-order valence-electron chi connectivity index (χ4n) is 1.81. The molecule has 3 unspecified atom stereocenters. The molecule has 3 atom stereocenters. The Hall–Kier alpha value is -0.340. The Morgan fingerprint density at radius 3 is 2.92 bits per heavy atom. The molecule has 2 heteroatoms. The average molecular weight is 183 g/mol. The van der Waals surface area contributed by atoms with Crippen LogP contribution in [0.4, 0.5) is 0 Å². The van der Waals surface area contributed by atoms with Gasteiger partial charge in [-0.05, 0) is 33.1 Å². The van der Waals surface area contributed by atoms with Crippen molar-refractivity contribution in [2.45, 2.75) is 51.3 Å². The molecule has 0 bridgehead atoms. The minimum absolute atomic E-state index is 0.399. The second kappa shape index (κ2) is 5.40. The van der Waals surface area contributed by atoms with E-state index in [9.17, 15) is 0 Å². The predicted octanol–water partition coefficient (Wildman–Crippen LogP) is 2.11. The van der Waals surface area contributed by atoms with Crippen molar-refractivity contribution in [3.8, 4) is 0 Å². The van der Waals surface area contributed by atoms with E-state index in [4.69, 9.17) is 4.74 Å². The smallest absolute Gasteiger partial charge is 0.0590 e. The molecule has 0 aromatic carbocycles. The summed E-state index contributed by atoms with van der Waals surface area (Å²) in [6.45, 7) is 9.04. The highest BCUT2D eigenvalue weighted by atomic mass is 16.5. The van der Waals surface area contributed by atoms with Crippen LogP contribution in [-0.2, 0) is 4.74 Å². The van der Waals surface area contributed by atoms with Gasteiger partial charge in [-0.2, -0.15) is 0 Å². The lowest BCUT2D eigenvalue weighted by Crippen LogP contribution is -2.35. The fraction of sp³-hybridized carbons (Fsp3) is 0.818. The van der Waals surface area contributed by atoms with Crippen LogP contribution < -0.4 is 5.32 Å². The molecule has 0 aromatic heterocycles. The second-order valence-electron chi connectivity index (χ2n) is 3.96. The second-order valence-corrected chi connectivity index (χ2v) is 3.96. The predicted molar refractivity (Wildman–Crippen MR) is 55.8 cm³/mol. The number of rotatable bonds is 5. The third-order valence-electron chi connectivity index (χ3n) is 2.54. The van der Waals surface area contributed by atoms with E-state index in [1.807, 2.05) is 6.08 Å². The summed E-state index contributed by atoms with van der Waals surface area (Å²) < 4.78 is 5.57. The Labute approximate surface area is 81.4 Å². The monoisotopic (exact) mass is 183 g/mol. The van der Waals surface area contributed by atoms with Crippen molar-refractivity contribution in [1.29, 1.82) is 0 Å². The zero-order valence-corrected chi connectivity index (χ0v) is 8.75. The van der Waals surface area contributed by atoms with Crippen LogP contribution >= 0.6 is 0 Å². The van der Waals surface area contributed by atoms with Crippen molar-refractivity contribution in [2.24, 2.45) is 0 Å². The molecule has 0 amide bonds. The van der Waals surface area contributed by atoms with E-state index in [0.717, 1.165) is 13.0 Å². The van der Waals surface area contributed by atoms with E-state index in [1.165, 1.54) is 12.8 Å². The van der Waals surface area contributed by atoms with E-state index < -0.39 is 0 Å². The lowest BCUT2D eigenvalue weighted by atomic mass is 10.1. The number of hydrogen-bond acceptors (Lipinski definition) is 2. The van der Waals surface area contributed by atoms with Gasteiger partial charge in [-0.1, -0.05) is 6.08 Å². The summed E-state index contributed by atoms with van der Waals surface area (Å²) in [5.41, 5.74) is 0. The van der Waals surface area contributed by atoms with Gasteiger partial charge in [-0.3, -0.25) is 0 Å². The maximum Gasteiger partial charge on any atom is 0.0590 e. The summed E-state index contributed by atoms with van der Waals surface area (Å²) in [6, 6.07) is 0.924. The quantitative estimate of drug-likeness (QED) is 0.659. The van der Waals surface area contributed by atoms with Crippen LogP contribution in [0.1, 0.15) is 33.1 Å². The Morgan fingerprint density at radius 2 is 2.38 bits per heavy atom. The molecule has 0 aromatic rings. The molecular weight excluding hydrogens is 162 g/mol. The zero-order valence-electron chi connectivity index (χ0n) is 8.75. The van der Waals surface area contributed by atoms with Gasteiger partial charge in [0.05, 0.1) is 6.10 Å². The van der Waals surface area contributed by atoms with Gasteiger partial charge in [-0.15, -0.1) is 6.58 Å². The van der Waals surface area contributed by atoms with Crippen LogP contribution in [0, 0.1) is 0 Å². The van der Waals surface area contributed by atoms with E-state index >= 15 is 0 Å². The topological polar surface area (TPSA) is 21.3 Å². The van der Waals surface area contributed by atoms with Gasteiger partial charge in [-0.25, -0.2) is 0 Å². The van der Waals surface area contributed by atoms with Crippen LogP contribution in [-0.4, -0.2) is 24.8 Å². The first-order valence-electron chi connectivity index (χ1n) is 5.22. The van der Waals surface area contributed by atoms with Crippen LogP contribution in [0.15, 0.2) is 12.7 Å². The first-order chi connectivity index (χ1) is 6.22. The zero-order chi connectivity index (χ0) is 9.68. The molecule has 1 N–H and O–H groups in total. The van der Waals surface area contributed by atoms with Crippen molar-refractivity contribution < 1.29 is 4.74 Å². The Morgan fingerprint density at radius 1 is 1.62 bits per heavy atom. The van der Waals surface area contributed by atoms with Crippen LogP contribution in [0.5, 0.6) is 0 Å². The van der Waals surface area contributed by atoms with Crippen molar-refractivity contribution in [1.82, 2.24) is 5.32 Å². The van der Waals surface area contributed by atoms with Gasteiger partial charge in [0, 0.05) is 18.7 Å². The van der Waals surface area contributed by atoms with Crippen molar-refractivity contribution >= 4 is 0 Å². The molecule has 13 heavy (non-hydrogen) atoms. The summed E-state index contributed by atoms with van der Waals surface area (Å²) in [5, 5.41) is 3.46. The molecule has 2 nitrogen and oxygen atoms in total. The molecule has 1 aliphatic heterocycles. The van der Waals surface area contributed by atoms with E-state index in [-0.39, 0.29) is 0 Å². The molecule has 0 spiro atoms. The van der Waals surface area contributed by atoms with Crippen molar-refractivity contribution in [3.05, 3.63) is 12.7 Å². The highest BCUT2D eigenvalue weighted by Gasteiger charge is 2.18. The Kier molecular flexibility index (Phi) is 4.46. The standard InChI is InChI=1S/C11H21NO/c1-4-9(2)12-10(3)8-11-6-5-7-13-11/h4,9-12H,1,5-8H2,2-3H3. The average Bonchev–Trinajstić information content (AvgIpc) is 2.56. The summed E-state index contributed by atoms with van der Waals surface area (Å²) in [5.74, 6) is 0. The number of ether oxygens (including phenoxy) is 1. The molecule has 76 valence electrons. The number of nitrogens with one attached hydrogen (secondary N) is 1. The van der Waals surface area contributed by atoms with Gasteiger partial charge in [0.2, 0.25) is 0 Å². The highest BCUT2D eigenvalue weighted by molar-refractivity contribution is 4.84.